The molecule has 6 nitrogen and oxygen atoms in total. The first-order valence-corrected chi connectivity index (χ1v) is 12.0. The molecule has 0 aromatic heterocycles. The Bertz CT molecular complexity index is 790. The number of carbonyl (C=O) groups excluding carboxylic acids is 2. The van der Waals surface area contributed by atoms with E-state index in [0.717, 1.165) is 37.8 Å². The zero-order valence-corrected chi connectivity index (χ0v) is 18.9. The third kappa shape index (κ3) is 5.16. The zero-order valence-electron chi connectivity index (χ0n) is 18.9. The highest BCUT2D eigenvalue weighted by Crippen LogP contribution is 2.49. The molecule has 0 radical (unpaired) electrons. The van der Waals surface area contributed by atoms with Crippen LogP contribution in [-0.4, -0.2) is 49.1 Å². The van der Waals surface area contributed by atoms with Gasteiger partial charge in [0.25, 0.3) is 11.8 Å². The predicted molar refractivity (Wildman–Crippen MR) is 119 cm³/mol. The molecule has 1 aromatic rings. The first-order chi connectivity index (χ1) is 15.0. The highest BCUT2D eigenvalue weighted by molar-refractivity contribution is 5.95. The van der Waals surface area contributed by atoms with Crippen LogP contribution in [0.1, 0.15) is 69.2 Å². The Labute approximate surface area is 185 Å². The lowest BCUT2D eigenvalue weighted by Gasteiger charge is -2.28. The smallest absolute Gasteiger partial charge is 0.260 e. The van der Waals surface area contributed by atoms with Crippen molar-refractivity contribution in [2.75, 3.05) is 26.3 Å². The molecule has 31 heavy (non-hydrogen) atoms. The number of ether oxygens (including phenoxy) is 2. The van der Waals surface area contributed by atoms with E-state index in [1.807, 2.05) is 11.8 Å². The van der Waals surface area contributed by atoms with Gasteiger partial charge in [-0.15, -0.1) is 0 Å². The summed E-state index contributed by atoms with van der Waals surface area (Å²) in [5.74, 6) is 3.17. The molecule has 2 aliphatic carbocycles. The van der Waals surface area contributed by atoms with Gasteiger partial charge in [0, 0.05) is 24.7 Å². The summed E-state index contributed by atoms with van der Waals surface area (Å²) in [6.45, 7) is 6.10. The monoisotopic (exact) mass is 428 g/mol. The molecule has 170 valence electrons. The number of amides is 2. The van der Waals surface area contributed by atoms with Crippen LogP contribution in [0.3, 0.4) is 0 Å². The number of nitrogens with zero attached hydrogens (tertiary/aromatic N) is 1. The number of rotatable bonds is 8. The summed E-state index contributed by atoms with van der Waals surface area (Å²) >= 11 is 0. The summed E-state index contributed by atoms with van der Waals surface area (Å²) in [6.07, 6.45) is 8.55. The lowest BCUT2D eigenvalue weighted by atomic mass is 9.84. The minimum absolute atomic E-state index is 0.00338. The summed E-state index contributed by atoms with van der Waals surface area (Å²) in [7, 11) is 0. The second-order valence-corrected chi connectivity index (χ2v) is 9.43. The average Bonchev–Trinajstić information content (AvgIpc) is 3.42. The quantitative estimate of drug-likeness (QED) is 0.679. The van der Waals surface area contributed by atoms with Gasteiger partial charge < -0.3 is 19.7 Å². The molecular formula is C25H36N2O4. The van der Waals surface area contributed by atoms with Crippen LogP contribution < -0.4 is 14.8 Å². The number of fused-ring (bicyclic) bond motifs is 2. The SMILES string of the molecule is CCOc1cc(C(=O)NC(C)C2CC3CCC2C3)ccc1OCC(=O)N1CCCCC1. The maximum absolute atomic E-state index is 12.9. The van der Waals surface area contributed by atoms with Gasteiger partial charge in [-0.05, 0) is 88.3 Å². The third-order valence-corrected chi connectivity index (χ3v) is 7.36. The van der Waals surface area contributed by atoms with Gasteiger partial charge in [-0.3, -0.25) is 9.59 Å². The molecule has 2 amide bonds. The summed E-state index contributed by atoms with van der Waals surface area (Å²) in [6, 6.07) is 5.40. The van der Waals surface area contributed by atoms with Gasteiger partial charge >= 0.3 is 0 Å². The van der Waals surface area contributed by atoms with E-state index in [1.165, 1.54) is 32.1 Å². The van der Waals surface area contributed by atoms with E-state index in [0.29, 0.717) is 29.6 Å². The molecule has 2 saturated carbocycles. The normalized spacial score (nSPS) is 25.9. The molecule has 1 heterocycles. The van der Waals surface area contributed by atoms with Crippen LogP contribution in [0.5, 0.6) is 11.5 Å². The molecule has 3 aliphatic rings. The fourth-order valence-corrected chi connectivity index (χ4v) is 5.71. The number of nitrogens with one attached hydrogen (secondary N) is 1. The van der Waals surface area contributed by atoms with E-state index in [-0.39, 0.29) is 24.5 Å². The number of hydrogen-bond acceptors (Lipinski definition) is 4. The van der Waals surface area contributed by atoms with Crippen LogP contribution in [0.25, 0.3) is 0 Å². The van der Waals surface area contributed by atoms with E-state index >= 15 is 0 Å². The van der Waals surface area contributed by atoms with Gasteiger partial charge in [-0.1, -0.05) is 6.42 Å². The molecule has 4 unspecified atom stereocenters. The topological polar surface area (TPSA) is 67.9 Å². The Morgan fingerprint density at radius 3 is 2.58 bits per heavy atom. The van der Waals surface area contributed by atoms with Crippen molar-refractivity contribution < 1.29 is 19.1 Å². The summed E-state index contributed by atoms with van der Waals surface area (Å²) in [5.41, 5.74) is 0.563. The Balaban J connectivity index is 1.36. The van der Waals surface area contributed by atoms with E-state index in [4.69, 9.17) is 9.47 Å². The van der Waals surface area contributed by atoms with Gasteiger partial charge in [0.05, 0.1) is 6.61 Å². The lowest BCUT2D eigenvalue weighted by Crippen LogP contribution is -2.40. The Morgan fingerprint density at radius 1 is 1.10 bits per heavy atom. The molecule has 0 spiro atoms. The molecule has 4 atom stereocenters. The fraction of sp³-hybridized carbons (Fsp3) is 0.680. The molecule has 2 bridgehead atoms. The Kier molecular flexibility index (Phi) is 7.03. The van der Waals surface area contributed by atoms with Crippen LogP contribution in [-0.2, 0) is 4.79 Å². The van der Waals surface area contributed by atoms with Crippen LogP contribution in [0.15, 0.2) is 18.2 Å². The van der Waals surface area contributed by atoms with Crippen LogP contribution in [0, 0.1) is 17.8 Å². The largest absolute Gasteiger partial charge is 0.490 e. The van der Waals surface area contributed by atoms with Crippen molar-refractivity contribution in [1.82, 2.24) is 10.2 Å². The van der Waals surface area contributed by atoms with Gasteiger partial charge in [0.2, 0.25) is 0 Å². The highest BCUT2D eigenvalue weighted by atomic mass is 16.5. The van der Waals surface area contributed by atoms with Crippen molar-refractivity contribution in [2.45, 2.75) is 64.8 Å². The van der Waals surface area contributed by atoms with E-state index in [9.17, 15) is 9.59 Å². The summed E-state index contributed by atoms with van der Waals surface area (Å²) in [5, 5.41) is 3.21. The second-order valence-electron chi connectivity index (χ2n) is 9.43. The van der Waals surface area contributed by atoms with Crippen molar-refractivity contribution in [3.8, 4) is 11.5 Å². The van der Waals surface area contributed by atoms with Crippen molar-refractivity contribution in [1.29, 1.82) is 0 Å². The minimum atomic E-state index is -0.0767. The predicted octanol–water partition coefficient (Wildman–Crippen LogP) is 4.03. The second kappa shape index (κ2) is 9.92. The summed E-state index contributed by atoms with van der Waals surface area (Å²) in [4.78, 5) is 27.2. The number of carbonyl (C=O) groups is 2. The molecule has 3 fully saturated rings. The van der Waals surface area contributed by atoms with Crippen molar-refractivity contribution >= 4 is 11.8 Å². The fourth-order valence-electron chi connectivity index (χ4n) is 5.71. The molecule has 1 aliphatic heterocycles. The molecule has 1 N–H and O–H groups in total. The van der Waals surface area contributed by atoms with E-state index in [1.54, 1.807) is 18.2 Å². The lowest BCUT2D eigenvalue weighted by molar-refractivity contribution is -0.134. The summed E-state index contributed by atoms with van der Waals surface area (Å²) < 4.78 is 11.5. The van der Waals surface area contributed by atoms with Crippen LogP contribution in [0.2, 0.25) is 0 Å². The Hall–Kier alpha value is -2.24. The standard InChI is InChI=1S/C25H36N2O4/c1-3-30-23-15-20(25(29)26-17(2)21-14-18-7-8-19(21)13-18)9-10-22(23)31-16-24(28)27-11-5-4-6-12-27/h9-10,15,17-19,21H,3-8,11-14,16H2,1-2H3,(H,26,29). The minimum Gasteiger partial charge on any atom is -0.490 e. The maximum atomic E-state index is 12.9. The van der Waals surface area contributed by atoms with Crippen LogP contribution >= 0.6 is 0 Å². The molecule has 6 heteroatoms. The number of likely N-dealkylation sites (tertiary alicyclic amines) is 1. The maximum Gasteiger partial charge on any atom is 0.260 e. The number of piperidine rings is 1. The van der Waals surface area contributed by atoms with Gasteiger partial charge in [-0.25, -0.2) is 0 Å². The molecular weight excluding hydrogens is 392 g/mol. The molecule has 1 saturated heterocycles. The van der Waals surface area contributed by atoms with Gasteiger partial charge in [-0.2, -0.15) is 0 Å². The van der Waals surface area contributed by atoms with Crippen molar-refractivity contribution in [2.24, 2.45) is 17.8 Å². The van der Waals surface area contributed by atoms with Gasteiger partial charge in [0.1, 0.15) is 0 Å². The third-order valence-electron chi connectivity index (χ3n) is 7.36. The number of benzene rings is 1. The van der Waals surface area contributed by atoms with Gasteiger partial charge in [0.15, 0.2) is 18.1 Å². The highest BCUT2D eigenvalue weighted by Gasteiger charge is 2.42. The number of hydrogen-bond donors (Lipinski definition) is 1. The average molecular weight is 429 g/mol. The van der Waals surface area contributed by atoms with Crippen LogP contribution in [0.4, 0.5) is 0 Å². The first-order valence-electron chi connectivity index (χ1n) is 12.0. The molecule has 1 aromatic carbocycles. The zero-order chi connectivity index (χ0) is 21.8. The Morgan fingerprint density at radius 2 is 1.90 bits per heavy atom. The van der Waals surface area contributed by atoms with Crippen molar-refractivity contribution in [3.05, 3.63) is 23.8 Å². The first kappa shape index (κ1) is 22.0. The molecule has 4 rings (SSSR count). The van der Waals surface area contributed by atoms with Crippen molar-refractivity contribution in [3.63, 3.8) is 0 Å². The van der Waals surface area contributed by atoms with E-state index in [2.05, 4.69) is 12.2 Å². The van der Waals surface area contributed by atoms with E-state index < -0.39 is 0 Å².